The molecule has 1 aromatic carbocycles. The van der Waals surface area contributed by atoms with Gasteiger partial charge < -0.3 is 5.32 Å². The number of nitrogens with zero attached hydrogens (tertiary/aromatic N) is 1. The third kappa shape index (κ3) is 3.58. The van der Waals surface area contributed by atoms with Crippen LogP contribution in [0.1, 0.15) is 18.4 Å². The van der Waals surface area contributed by atoms with E-state index in [0.29, 0.717) is 6.54 Å². The van der Waals surface area contributed by atoms with Crippen LogP contribution in [-0.2, 0) is 15.8 Å². The van der Waals surface area contributed by atoms with Crippen molar-refractivity contribution < 1.29 is 8.42 Å². The Morgan fingerprint density at radius 1 is 1.29 bits per heavy atom. The molecule has 1 atom stereocenters. The van der Waals surface area contributed by atoms with Crippen LogP contribution in [0, 0.1) is 0 Å². The van der Waals surface area contributed by atoms with E-state index >= 15 is 0 Å². The lowest BCUT2D eigenvalue weighted by atomic mass is 10.1. The first kappa shape index (κ1) is 14.4. The summed E-state index contributed by atoms with van der Waals surface area (Å²) in [5.41, 5.74) is 1.50. The van der Waals surface area contributed by atoms with Crippen LogP contribution in [0.15, 0.2) is 36.5 Å². The molecular formula is C15H19N3O2S. The van der Waals surface area contributed by atoms with E-state index in [4.69, 9.17) is 0 Å². The van der Waals surface area contributed by atoms with E-state index in [-0.39, 0.29) is 11.8 Å². The maximum Gasteiger partial charge on any atom is 0.216 e. The standard InChI is InChI=1S/C15H19N3O2S/c19-21(20,18-14-7-3-8-16-10-14)11-13-5-1-4-12-6-2-9-17-15(12)13/h1-2,4-6,9,14,16,18H,3,7-8,10-11H2. The van der Waals surface area contributed by atoms with Crippen LogP contribution in [0.5, 0.6) is 0 Å². The van der Waals surface area contributed by atoms with Crippen LogP contribution in [0.2, 0.25) is 0 Å². The first-order chi connectivity index (χ1) is 10.1. The summed E-state index contributed by atoms with van der Waals surface area (Å²) in [6.45, 7) is 1.67. The second kappa shape index (κ2) is 6.09. The number of aromatic nitrogens is 1. The number of nitrogens with one attached hydrogen (secondary N) is 2. The second-order valence-corrected chi connectivity index (χ2v) is 7.17. The Kier molecular flexibility index (Phi) is 4.19. The molecule has 0 bridgehead atoms. The molecule has 0 amide bonds. The van der Waals surface area contributed by atoms with E-state index in [1.54, 1.807) is 6.20 Å². The molecule has 21 heavy (non-hydrogen) atoms. The van der Waals surface area contributed by atoms with Gasteiger partial charge in [-0.1, -0.05) is 24.3 Å². The van der Waals surface area contributed by atoms with E-state index < -0.39 is 10.0 Å². The topological polar surface area (TPSA) is 71.1 Å². The van der Waals surface area contributed by atoms with Gasteiger partial charge in [-0.25, -0.2) is 13.1 Å². The van der Waals surface area contributed by atoms with Gasteiger partial charge in [-0.3, -0.25) is 4.98 Å². The third-order valence-corrected chi connectivity index (χ3v) is 5.09. The van der Waals surface area contributed by atoms with Crippen molar-refractivity contribution in [2.24, 2.45) is 0 Å². The van der Waals surface area contributed by atoms with E-state index in [2.05, 4.69) is 15.0 Å². The largest absolute Gasteiger partial charge is 0.315 e. The lowest BCUT2D eigenvalue weighted by Crippen LogP contribution is -2.45. The van der Waals surface area contributed by atoms with Crippen molar-refractivity contribution in [1.29, 1.82) is 0 Å². The molecule has 3 rings (SSSR count). The SMILES string of the molecule is O=S(=O)(Cc1cccc2cccnc12)NC1CCCNC1. The molecule has 0 saturated carbocycles. The number of para-hydroxylation sites is 1. The summed E-state index contributed by atoms with van der Waals surface area (Å²) >= 11 is 0. The Bertz CT molecular complexity index is 719. The molecule has 1 aromatic heterocycles. The zero-order valence-corrected chi connectivity index (χ0v) is 12.6. The second-order valence-electron chi connectivity index (χ2n) is 5.41. The highest BCUT2D eigenvalue weighted by molar-refractivity contribution is 7.88. The maximum atomic E-state index is 12.3. The quantitative estimate of drug-likeness (QED) is 0.896. The molecule has 5 nitrogen and oxygen atoms in total. The number of hydrogen-bond acceptors (Lipinski definition) is 4. The van der Waals surface area contributed by atoms with E-state index in [1.165, 1.54) is 0 Å². The molecule has 2 heterocycles. The first-order valence-corrected chi connectivity index (χ1v) is 8.83. The zero-order chi connectivity index (χ0) is 14.7. The number of pyridine rings is 1. The molecule has 2 aromatic rings. The molecule has 1 aliphatic heterocycles. The zero-order valence-electron chi connectivity index (χ0n) is 11.7. The normalized spacial score (nSPS) is 19.7. The average Bonchev–Trinajstić information content (AvgIpc) is 2.48. The molecule has 0 spiro atoms. The summed E-state index contributed by atoms with van der Waals surface area (Å²) in [6, 6.07) is 9.43. The lowest BCUT2D eigenvalue weighted by molar-refractivity contribution is 0.428. The number of piperidine rings is 1. The Morgan fingerprint density at radius 3 is 2.95 bits per heavy atom. The molecule has 6 heteroatoms. The molecule has 0 radical (unpaired) electrons. The van der Waals surface area contributed by atoms with Crippen molar-refractivity contribution in [3.8, 4) is 0 Å². The predicted molar refractivity (Wildman–Crippen MR) is 83.4 cm³/mol. The van der Waals surface area contributed by atoms with Gasteiger partial charge in [0.15, 0.2) is 0 Å². The fourth-order valence-corrected chi connectivity index (χ4v) is 4.17. The van der Waals surface area contributed by atoms with Crippen molar-refractivity contribution in [3.63, 3.8) is 0 Å². The average molecular weight is 305 g/mol. The summed E-state index contributed by atoms with van der Waals surface area (Å²) in [4.78, 5) is 4.31. The summed E-state index contributed by atoms with van der Waals surface area (Å²) in [5, 5.41) is 4.17. The smallest absolute Gasteiger partial charge is 0.216 e. The van der Waals surface area contributed by atoms with Gasteiger partial charge in [0.2, 0.25) is 10.0 Å². The minimum Gasteiger partial charge on any atom is -0.315 e. The van der Waals surface area contributed by atoms with Crippen LogP contribution < -0.4 is 10.0 Å². The molecule has 2 N–H and O–H groups in total. The van der Waals surface area contributed by atoms with Crippen molar-refractivity contribution in [3.05, 3.63) is 42.1 Å². The van der Waals surface area contributed by atoms with E-state index in [1.807, 2.05) is 30.3 Å². The fraction of sp³-hybridized carbons (Fsp3) is 0.400. The van der Waals surface area contributed by atoms with Crippen LogP contribution in [-0.4, -0.2) is 32.5 Å². The van der Waals surface area contributed by atoms with Gasteiger partial charge in [0.1, 0.15) is 0 Å². The molecule has 1 fully saturated rings. The fourth-order valence-electron chi connectivity index (χ4n) is 2.74. The minimum absolute atomic E-state index is 0.00770. The van der Waals surface area contributed by atoms with Gasteiger partial charge in [-0.15, -0.1) is 0 Å². The summed E-state index contributed by atoms with van der Waals surface area (Å²) in [7, 11) is -3.36. The molecule has 1 saturated heterocycles. The van der Waals surface area contributed by atoms with Crippen LogP contribution in [0.3, 0.4) is 0 Å². The monoisotopic (exact) mass is 305 g/mol. The van der Waals surface area contributed by atoms with Gasteiger partial charge >= 0.3 is 0 Å². The van der Waals surface area contributed by atoms with Crippen molar-refractivity contribution in [1.82, 2.24) is 15.0 Å². The Balaban J connectivity index is 1.80. The van der Waals surface area contributed by atoms with Crippen LogP contribution in [0.25, 0.3) is 10.9 Å². The Morgan fingerprint density at radius 2 is 2.14 bits per heavy atom. The molecule has 1 unspecified atom stereocenters. The van der Waals surface area contributed by atoms with Gasteiger partial charge in [0, 0.05) is 24.2 Å². The molecule has 1 aliphatic rings. The minimum atomic E-state index is -3.36. The lowest BCUT2D eigenvalue weighted by Gasteiger charge is -2.23. The van der Waals surface area contributed by atoms with Gasteiger partial charge in [0.05, 0.1) is 11.3 Å². The van der Waals surface area contributed by atoms with E-state index in [9.17, 15) is 8.42 Å². The van der Waals surface area contributed by atoms with Crippen LogP contribution in [0.4, 0.5) is 0 Å². The van der Waals surface area contributed by atoms with Crippen molar-refractivity contribution >= 4 is 20.9 Å². The van der Waals surface area contributed by atoms with Crippen molar-refractivity contribution in [2.75, 3.05) is 13.1 Å². The number of benzene rings is 1. The van der Waals surface area contributed by atoms with Crippen molar-refractivity contribution in [2.45, 2.75) is 24.6 Å². The summed E-state index contributed by atoms with van der Waals surface area (Å²) in [6.07, 6.45) is 3.58. The number of fused-ring (bicyclic) bond motifs is 1. The number of rotatable bonds is 4. The Labute approximate surface area is 124 Å². The highest BCUT2D eigenvalue weighted by Crippen LogP contribution is 2.18. The first-order valence-electron chi connectivity index (χ1n) is 7.17. The Hall–Kier alpha value is -1.50. The molecule has 112 valence electrons. The van der Waals surface area contributed by atoms with Crippen LogP contribution >= 0.6 is 0 Å². The van der Waals surface area contributed by atoms with E-state index in [0.717, 1.165) is 35.9 Å². The molecule has 0 aliphatic carbocycles. The summed E-state index contributed by atoms with van der Waals surface area (Å²) < 4.78 is 27.5. The summed E-state index contributed by atoms with van der Waals surface area (Å²) in [5.74, 6) is -0.0299. The third-order valence-electron chi connectivity index (χ3n) is 3.70. The molecular weight excluding hydrogens is 286 g/mol. The predicted octanol–water partition coefficient (Wildman–Crippen LogP) is 1.41. The number of hydrogen-bond donors (Lipinski definition) is 2. The van der Waals surface area contributed by atoms with Gasteiger partial charge in [-0.2, -0.15) is 0 Å². The van der Waals surface area contributed by atoms with Gasteiger partial charge in [0.25, 0.3) is 0 Å². The van der Waals surface area contributed by atoms with Gasteiger partial charge in [-0.05, 0) is 31.0 Å². The highest BCUT2D eigenvalue weighted by atomic mass is 32.2. The highest BCUT2D eigenvalue weighted by Gasteiger charge is 2.21. The number of sulfonamides is 1. The maximum absolute atomic E-state index is 12.3.